The number of hydrogen-bond acceptors (Lipinski definition) is 5. The molecule has 0 aliphatic carbocycles. The number of carbonyl (C=O) groups excluding carboxylic acids is 1. The van der Waals surface area contributed by atoms with Crippen LogP contribution in [0.15, 0.2) is 47.6 Å². The SMILES string of the molecule is O=C(N/N=C/c1cc([N+](=O)[O-])ccc1O)c1ccccc1F. The molecule has 0 aromatic heterocycles. The zero-order valence-corrected chi connectivity index (χ0v) is 11.1. The zero-order chi connectivity index (χ0) is 16.1. The van der Waals surface area contributed by atoms with Crippen LogP contribution in [0.1, 0.15) is 15.9 Å². The molecule has 22 heavy (non-hydrogen) atoms. The van der Waals surface area contributed by atoms with Crippen LogP contribution in [0.5, 0.6) is 5.75 Å². The third-order valence-corrected chi connectivity index (χ3v) is 2.71. The molecule has 0 aliphatic rings. The fourth-order valence-corrected chi connectivity index (χ4v) is 1.62. The van der Waals surface area contributed by atoms with Crippen LogP contribution < -0.4 is 5.43 Å². The summed E-state index contributed by atoms with van der Waals surface area (Å²) in [6.45, 7) is 0. The molecule has 0 radical (unpaired) electrons. The molecule has 0 bridgehead atoms. The van der Waals surface area contributed by atoms with Crippen LogP contribution in [0.25, 0.3) is 0 Å². The summed E-state index contributed by atoms with van der Waals surface area (Å²) in [5, 5.41) is 23.7. The van der Waals surface area contributed by atoms with Gasteiger partial charge in [-0.3, -0.25) is 14.9 Å². The summed E-state index contributed by atoms with van der Waals surface area (Å²) in [4.78, 5) is 21.7. The molecule has 8 heteroatoms. The lowest BCUT2D eigenvalue weighted by atomic mass is 10.2. The maximum absolute atomic E-state index is 13.4. The van der Waals surface area contributed by atoms with Gasteiger partial charge in [-0.1, -0.05) is 12.1 Å². The number of phenolic OH excluding ortho intramolecular Hbond substituents is 1. The van der Waals surface area contributed by atoms with Gasteiger partial charge >= 0.3 is 0 Å². The van der Waals surface area contributed by atoms with Gasteiger partial charge in [0.15, 0.2) is 0 Å². The molecule has 0 saturated carbocycles. The van der Waals surface area contributed by atoms with Crippen LogP contribution in [0.2, 0.25) is 0 Å². The summed E-state index contributed by atoms with van der Waals surface area (Å²) in [5.41, 5.74) is 1.69. The number of halogens is 1. The normalized spacial score (nSPS) is 10.6. The van der Waals surface area contributed by atoms with Gasteiger partial charge in [-0.25, -0.2) is 9.82 Å². The van der Waals surface area contributed by atoms with E-state index in [2.05, 4.69) is 10.5 Å². The van der Waals surface area contributed by atoms with E-state index in [9.17, 15) is 24.4 Å². The molecule has 0 saturated heterocycles. The van der Waals surface area contributed by atoms with E-state index < -0.39 is 16.6 Å². The molecule has 0 spiro atoms. The van der Waals surface area contributed by atoms with Crippen LogP contribution in [0.3, 0.4) is 0 Å². The van der Waals surface area contributed by atoms with Crippen molar-refractivity contribution >= 4 is 17.8 Å². The maximum Gasteiger partial charge on any atom is 0.274 e. The van der Waals surface area contributed by atoms with E-state index >= 15 is 0 Å². The van der Waals surface area contributed by atoms with Gasteiger partial charge in [0.2, 0.25) is 0 Å². The first-order valence-electron chi connectivity index (χ1n) is 6.04. The zero-order valence-electron chi connectivity index (χ0n) is 11.1. The number of phenols is 1. The number of aromatic hydroxyl groups is 1. The number of hydrazone groups is 1. The van der Waals surface area contributed by atoms with Crippen molar-refractivity contribution in [3.63, 3.8) is 0 Å². The first kappa shape index (κ1) is 15.1. The van der Waals surface area contributed by atoms with E-state index in [1.807, 2.05) is 0 Å². The third kappa shape index (κ3) is 3.42. The lowest BCUT2D eigenvalue weighted by Crippen LogP contribution is -2.18. The molecule has 0 heterocycles. The number of nitrogens with zero attached hydrogens (tertiary/aromatic N) is 2. The number of nitro benzene ring substituents is 1. The average Bonchev–Trinajstić information content (AvgIpc) is 2.49. The highest BCUT2D eigenvalue weighted by atomic mass is 19.1. The molecule has 2 rings (SSSR count). The number of amides is 1. The maximum atomic E-state index is 13.4. The van der Waals surface area contributed by atoms with E-state index in [0.29, 0.717) is 0 Å². The van der Waals surface area contributed by atoms with E-state index in [4.69, 9.17) is 0 Å². The summed E-state index contributed by atoms with van der Waals surface area (Å²) < 4.78 is 13.4. The fraction of sp³-hybridized carbons (Fsp3) is 0. The van der Waals surface area contributed by atoms with Crippen molar-refractivity contribution in [3.8, 4) is 5.75 Å². The standard InChI is InChI=1S/C14H10FN3O4/c15-12-4-2-1-3-11(12)14(20)17-16-8-9-7-10(18(21)22)5-6-13(9)19/h1-8,19H,(H,17,20)/b16-8+. The summed E-state index contributed by atoms with van der Waals surface area (Å²) in [5.74, 6) is -1.72. The fourth-order valence-electron chi connectivity index (χ4n) is 1.62. The minimum atomic E-state index is -0.778. The van der Waals surface area contributed by atoms with Gasteiger partial charge in [0.25, 0.3) is 11.6 Å². The Morgan fingerprint density at radius 2 is 2.05 bits per heavy atom. The Morgan fingerprint density at radius 3 is 2.73 bits per heavy atom. The molecule has 0 aliphatic heterocycles. The summed E-state index contributed by atoms with van der Waals surface area (Å²) in [6, 6.07) is 8.71. The van der Waals surface area contributed by atoms with Crippen molar-refractivity contribution in [1.82, 2.24) is 5.43 Å². The van der Waals surface area contributed by atoms with Gasteiger partial charge in [-0.15, -0.1) is 0 Å². The predicted molar refractivity (Wildman–Crippen MR) is 76.2 cm³/mol. The molecule has 2 N–H and O–H groups in total. The van der Waals surface area contributed by atoms with Crippen LogP contribution in [0.4, 0.5) is 10.1 Å². The van der Waals surface area contributed by atoms with Crippen molar-refractivity contribution in [2.75, 3.05) is 0 Å². The van der Waals surface area contributed by atoms with Gasteiger partial charge < -0.3 is 5.11 Å². The molecular formula is C14H10FN3O4. The quantitative estimate of drug-likeness (QED) is 0.513. The smallest absolute Gasteiger partial charge is 0.274 e. The van der Waals surface area contributed by atoms with Crippen LogP contribution in [-0.2, 0) is 0 Å². The van der Waals surface area contributed by atoms with Crippen molar-refractivity contribution in [3.05, 3.63) is 69.5 Å². The second kappa shape index (κ2) is 6.44. The Bertz CT molecular complexity index is 762. The van der Waals surface area contributed by atoms with Crippen LogP contribution >= 0.6 is 0 Å². The number of rotatable bonds is 4. The molecule has 112 valence electrons. The summed E-state index contributed by atoms with van der Waals surface area (Å²) in [6.07, 6.45) is 1.03. The minimum Gasteiger partial charge on any atom is -0.507 e. The first-order chi connectivity index (χ1) is 10.5. The van der Waals surface area contributed by atoms with Gasteiger partial charge in [0, 0.05) is 17.7 Å². The van der Waals surface area contributed by atoms with Crippen molar-refractivity contribution < 1.29 is 19.2 Å². The number of hydrogen-bond donors (Lipinski definition) is 2. The highest BCUT2D eigenvalue weighted by molar-refractivity contribution is 5.95. The number of carbonyl (C=O) groups is 1. The second-order valence-corrected chi connectivity index (χ2v) is 4.18. The van der Waals surface area contributed by atoms with E-state index in [1.54, 1.807) is 0 Å². The number of non-ortho nitro benzene ring substituents is 1. The van der Waals surface area contributed by atoms with Gasteiger partial charge in [-0.2, -0.15) is 5.10 Å². The van der Waals surface area contributed by atoms with Gasteiger partial charge in [-0.05, 0) is 18.2 Å². The molecule has 7 nitrogen and oxygen atoms in total. The molecular weight excluding hydrogens is 293 g/mol. The highest BCUT2D eigenvalue weighted by Crippen LogP contribution is 2.21. The lowest BCUT2D eigenvalue weighted by molar-refractivity contribution is -0.384. The lowest BCUT2D eigenvalue weighted by Gasteiger charge is -2.01. The number of nitro groups is 1. The van der Waals surface area contributed by atoms with E-state index in [-0.39, 0.29) is 22.6 Å². The van der Waals surface area contributed by atoms with E-state index in [1.165, 1.54) is 18.2 Å². The topological polar surface area (TPSA) is 105 Å². The monoisotopic (exact) mass is 303 g/mol. The van der Waals surface area contributed by atoms with E-state index in [0.717, 1.165) is 30.5 Å². The molecule has 0 unspecified atom stereocenters. The predicted octanol–water partition coefficient (Wildman–Crippen LogP) is 2.20. The molecule has 0 fully saturated rings. The van der Waals surface area contributed by atoms with Crippen LogP contribution in [0, 0.1) is 15.9 Å². The summed E-state index contributed by atoms with van der Waals surface area (Å²) in [7, 11) is 0. The third-order valence-electron chi connectivity index (χ3n) is 2.71. The van der Waals surface area contributed by atoms with Gasteiger partial charge in [0.1, 0.15) is 11.6 Å². The Balaban J connectivity index is 2.13. The average molecular weight is 303 g/mol. The Hall–Kier alpha value is -3.29. The minimum absolute atomic E-state index is 0.0445. The number of benzene rings is 2. The van der Waals surface area contributed by atoms with Crippen molar-refractivity contribution in [2.45, 2.75) is 0 Å². The van der Waals surface area contributed by atoms with Crippen molar-refractivity contribution in [1.29, 1.82) is 0 Å². The molecule has 1 amide bonds. The van der Waals surface area contributed by atoms with Crippen molar-refractivity contribution in [2.24, 2.45) is 5.10 Å². The second-order valence-electron chi connectivity index (χ2n) is 4.18. The molecule has 2 aromatic rings. The molecule has 2 aromatic carbocycles. The first-order valence-corrected chi connectivity index (χ1v) is 6.04. The Labute approximate surface area is 123 Å². The Morgan fingerprint density at radius 1 is 1.32 bits per heavy atom. The summed E-state index contributed by atoms with van der Waals surface area (Å²) >= 11 is 0. The highest BCUT2D eigenvalue weighted by Gasteiger charge is 2.11. The van der Waals surface area contributed by atoms with Crippen LogP contribution in [-0.4, -0.2) is 22.2 Å². The molecule has 0 atom stereocenters. The number of nitrogens with one attached hydrogen (secondary N) is 1. The Kier molecular flexibility index (Phi) is 4.42. The largest absolute Gasteiger partial charge is 0.507 e. The van der Waals surface area contributed by atoms with Gasteiger partial charge in [0.05, 0.1) is 16.7 Å².